The highest BCUT2D eigenvalue weighted by Crippen LogP contribution is 2.68. The monoisotopic (exact) mass is 516 g/mol. The third-order valence-electron chi connectivity index (χ3n) is 9.90. The van der Waals surface area contributed by atoms with Gasteiger partial charge in [-0.05, 0) is 79.4 Å². The molecule has 0 unspecified atom stereocenters. The average molecular weight is 517 g/mol. The summed E-state index contributed by atoms with van der Waals surface area (Å²) >= 11 is 0. The zero-order valence-electron chi connectivity index (χ0n) is 20.3. The van der Waals surface area contributed by atoms with Gasteiger partial charge in [0.15, 0.2) is 11.6 Å². The lowest BCUT2D eigenvalue weighted by molar-refractivity contribution is -0.178. The van der Waals surface area contributed by atoms with Crippen LogP contribution in [0.2, 0.25) is 0 Å². The number of hydrogen-bond acceptors (Lipinski definition) is 7. The molecule has 4 N–H and O–H groups in total. The number of carbonyl (C=O) groups excluding carboxylic acids is 2. The molecule has 3 fully saturated rings. The first-order valence-electron chi connectivity index (χ1n) is 12.4. The topological polar surface area (TPSA) is 149 Å². The van der Waals surface area contributed by atoms with Crippen molar-refractivity contribution in [2.75, 3.05) is 6.61 Å². The Hall–Kier alpha value is -2.17. The third kappa shape index (κ3) is 3.36. The Balaban J connectivity index is 1.62. The molecule has 1 aromatic carbocycles. The van der Waals surface area contributed by atoms with Gasteiger partial charge in [0, 0.05) is 16.7 Å². The summed E-state index contributed by atoms with van der Waals surface area (Å²) in [6.45, 7) is 3.05. The molecular formula is C27H32O8S. The fraction of sp³-hybridized carbons (Fsp3) is 0.556. The van der Waals surface area contributed by atoms with Crippen LogP contribution in [-0.4, -0.2) is 58.2 Å². The number of allylic oxidation sites excluding steroid dienone is 4. The van der Waals surface area contributed by atoms with Crippen molar-refractivity contribution < 1.29 is 37.9 Å². The van der Waals surface area contributed by atoms with Gasteiger partial charge in [-0.25, -0.2) is 0 Å². The Morgan fingerprint density at radius 3 is 2.56 bits per heavy atom. The molecular weight excluding hydrogens is 484 g/mol. The van der Waals surface area contributed by atoms with E-state index in [9.17, 15) is 37.9 Å². The molecule has 194 valence electrons. The van der Waals surface area contributed by atoms with Crippen LogP contribution in [0.5, 0.6) is 0 Å². The summed E-state index contributed by atoms with van der Waals surface area (Å²) in [7, 11) is -4.46. The van der Waals surface area contributed by atoms with Gasteiger partial charge in [-0.1, -0.05) is 31.6 Å². The van der Waals surface area contributed by atoms with Crippen molar-refractivity contribution in [3.8, 4) is 0 Å². The smallest absolute Gasteiger partial charge is 0.294 e. The second kappa shape index (κ2) is 8.16. The molecule has 36 heavy (non-hydrogen) atoms. The van der Waals surface area contributed by atoms with Crippen LogP contribution in [0.4, 0.5) is 0 Å². The third-order valence-corrected chi connectivity index (χ3v) is 10.7. The largest absolute Gasteiger partial charge is 0.393 e. The molecule has 1 aromatic rings. The molecule has 0 radical (unpaired) electrons. The van der Waals surface area contributed by atoms with E-state index < -0.39 is 45.0 Å². The highest BCUT2D eigenvalue weighted by Gasteiger charge is 2.68. The van der Waals surface area contributed by atoms with E-state index in [2.05, 4.69) is 0 Å². The van der Waals surface area contributed by atoms with E-state index in [1.165, 1.54) is 24.3 Å². The maximum absolute atomic E-state index is 12.7. The number of hydrogen-bond donors (Lipinski definition) is 4. The van der Waals surface area contributed by atoms with E-state index in [1.807, 2.05) is 13.8 Å². The molecule has 0 saturated heterocycles. The molecule has 8 nitrogen and oxygen atoms in total. The lowest BCUT2D eigenvalue weighted by atomic mass is 9.44. The number of aliphatic hydroxyl groups is 3. The maximum Gasteiger partial charge on any atom is 0.294 e. The van der Waals surface area contributed by atoms with Gasteiger partial charge < -0.3 is 15.3 Å². The molecule has 0 bridgehead atoms. The summed E-state index contributed by atoms with van der Waals surface area (Å²) < 4.78 is 33.3. The molecule has 0 amide bonds. The number of benzene rings is 1. The van der Waals surface area contributed by atoms with Crippen molar-refractivity contribution in [2.24, 2.45) is 28.6 Å². The molecule has 5 rings (SSSR count). The van der Waals surface area contributed by atoms with Crippen molar-refractivity contribution in [3.63, 3.8) is 0 Å². The van der Waals surface area contributed by atoms with Gasteiger partial charge in [0.05, 0.1) is 11.0 Å². The second-order valence-corrected chi connectivity index (χ2v) is 12.8. The fourth-order valence-corrected chi connectivity index (χ4v) is 8.77. The normalized spacial score (nSPS) is 40.0. The lowest BCUT2D eigenvalue weighted by Crippen LogP contribution is -2.62. The van der Waals surface area contributed by atoms with Gasteiger partial charge >= 0.3 is 0 Å². The first-order chi connectivity index (χ1) is 16.8. The molecule has 9 heteroatoms. The van der Waals surface area contributed by atoms with E-state index >= 15 is 0 Å². The molecule has 0 aliphatic heterocycles. The van der Waals surface area contributed by atoms with E-state index in [4.69, 9.17) is 0 Å². The Bertz CT molecular complexity index is 1310. The molecule has 4 aliphatic rings. The number of ketones is 2. The van der Waals surface area contributed by atoms with Gasteiger partial charge in [0.25, 0.3) is 10.1 Å². The Kier molecular flexibility index (Phi) is 5.78. The SMILES string of the molecule is C[C@@]12C(=CC(=O)C=C1c1cccc(S(=O)(=O)O)c1)CC[C@@H]1[C@@H]2[C@@H](O)C[C@@]2(C)[C@H]1CC[C@]2(O)C(=O)CO. The van der Waals surface area contributed by atoms with Crippen LogP contribution in [0.25, 0.3) is 5.57 Å². The van der Waals surface area contributed by atoms with Crippen LogP contribution in [0.15, 0.2) is 46.9 Å². The van der Waals surface area contributed by atoms with Gasteiger partial charge in [-0.15, -0.1) is 0 Å². The van der Waals surface area contributed by atoms with Crippen molar-refractivity contribution in [2.45, 2.75) is 62.6 Å². The van der Waals surface area contributed by atoms with Crippen molar-refractivity contribution in [1.29, 1.82) is 0 Å². The molecule has 0 spiro atoms. The lowest BCUT2D eigenvalue weighted by Gasteiger charge is -2.60. The first-order valence-corrected chi connectivity index (χ1v) is 13.8. The number of fused-ring (bicyclic) bond motifs is 5. The van der Waals surface area contributed by atoms with E-state index in [0.29, 0.717) is 30.4 Å². The van der Waals surface area contributed by atoms with Crippen LogP contribution in [0, 0.1) is 28.6 Å². The standard InChI is InChI=1S/C27H32O8S/c1-25-13-22(30)24-19(20(25)8-9-27(25,32)23(31)14-28)7-6-16-11-17(29)12-21(26(16,24)2)15-4-3-5-18(10-15)36(33,34)35/h3-5,10-12,19-20,22,24,28,30,32H,6-9,13-14H2,1-2H3,(H,33,34,35)/t19-,20-,22-,24+,25-,26+,27-/m0/s1. The number of carbonyl (C=O) groups is 2. The second-order valence-electron chi connectivity index (χ2n) is 11.3. The average Bonchev–Trinajstić information content (AvgIpc) is 3.09. The quantitative estimate of drug-likeness (QED) is 0.446. The van der Waals surface area contributed by atoms with Crippen molar-refractivity contribution in [1.82, 2.24) is 0 Å². The van der Waals surface area contributed by atoms with Crippen molar-refractivity contribution >= 4 is 27.3 Å². The van der Waals surface area contributed by atoms with Gasteiger partial charge in [-0.3, -0.25) is 14.1 Å². The summed E-state index contributed by atoms with van der Waals surface area (Å²) in [6, 6.07) is 5.83. The van der Waals surface area contributed by atoms with Gasteiger partial charge in [-0.2, -0.15) is 8.42 Å². The van der Waals surface area contributed by atoms with Crippen LogP contribution < -0.4 is 0 Å². The molecule has 3 saturated carbocycles. The minimum atomic E-state index is -4.46. The Morgan fingerprint density at radius 1 is 1.17 bits per heavy atom. The van der Waals surface area contributed by atoms with Crippen molar-refractivity contribution in [3.05, 3.63) is 47.6 Å². The first kappa shape index (κ1) is 25.5. The molecule has 4 aliphatic carbocycles. The maximum atomic E-state index is 12.7. The Labute approximate surface area is 210 Å². The minimum absolute atomic E-state index is 0.0669. The summed E-state index contributed by atoms with van der Waals surface area (Å²) in [5.74, 6) is -1.31. The number of aliphatic hydroxyl groups excluding tert-OH is 2. The highest BCUT2D eigenvalue weighted by molar-refractivity contribution is 7.85. The summed E-state index contributed by atoms with van der Waals surface area (Å²) in [4.78, 5) is 25.1. The zero-order chi connectivity index (χ0) is 26.3. The van der Waals surface area contributed by atoms with Crippen LogP contribution in [0.1, 0.15) is 51.5 Å². The molecule has 0 heterocycles. The van der Waals surface area contributed by atoms with Crippen LogP contribution in [0.3, 0.4) is 0 Å². The van der Waals surface area contributed by atoms with Gasteiger partial charge in [0.2, 0.25) is 0 Å². The van der Waals surface area contributed by atoms with E-state index in [1.54, 1.807) is 12.1 Å². The van der Waals surface area contributed by atoms with Gasteiger partial charge in [0.1, 0.15) is 12.2 Å². The summed E-state index contributed by atoms with van der Waals surface area (Å²) in [5.41, 5.74) is -1.47. The molecule has 7 atom stereocenters. The number of Topliss-reactive ketones (excluding diaryl/α,β-unsaturated/α-hetero) is 1. The Morgan fingerprint density at radius 2 is 1.89 bits per heavy atom. The number of rotatable bonds is 4. The predicted octanol–water partition coefficient (Wildman–Crippen LogP) is 2.33. The highest BCUT2D eigenvalue weighted by atomic mass is 32.2. The summed E-state index contributed by atoms with van der Waals surface area (Å²) in [6.07, 6.45) is 4.41. The van der Waals surface area contributed by atoms with Crippen LogP contribution in [-0.2, 0) is 19.7 Å². The summed E-state index contributed by atoms with van der Waals surface area (Å²) in [5, 5.41) is 32.6. The molecule has 0 aromatic heterocycles. The van der Waals surface area contributed by atoms with Crippen LogP contribution >= 0.6 is 0 Å². The predicted molar refractivity (Wildman–Crippen MR) is 130 cm³/mol. The zero-order valence-corrected chi connectivity index (χ0v) is 21.2. The van der Waals surface area contributed by atoms with E-state index in [0.717, 1.165) is 5.57 Å². The van der Waals surface area contributed by atoms with E-state index in [-0.39, 0.29) is 41.3 Å². The minimum Gasteiger partial charge on any atom is -0.393 e. The fourth-order valence-electron chi connectivity index (χ4n) is 8.24.